The minimum absolute atomic E-state index is 0.0147. The molecule has 0 fully saturated rings. The zero-order chi connectivity index (χ0) is 24.6. The molecule has 1 amide bonds. The summed E-state index contributed by atoms with van der Waals surface area (Å²) in [5.41, 5.74) is 0.245. The van der Waals surface area contributed by atoms with Gasteiger partial charge in [-0.3, -0.25) is 4.79 Å². The molecule has 0 aliphatic carbocycles. The molecule has 2 aromatic carbocycles. The molecule has 33 heavy (non-hydrogen) atoms. The number of rotatable bonds is 10. The number of sulfonamides is 1. The van der Waals surface area contributed by atoms with Gasteiger partial charge in [-0.05, 0) is 42.5 Å². The standard InChI is InChI=1S/C22H23ClFN3O5S/c1-3-26(4-2)33(30,31)20-14-16(6-11-19(20)23)22(29)32-15-21(28)27(13-5-12-25)18-9-7-17(24)8-10-18/h6-11,14H,3-5,13,15H2,1-2H3. The Morgan fingerprint density at radius 1 is 1.12 bits per heavy atom. The van der Waals surface area contributed by atoms with Crippen molar-refractivity contribution in [1.82, 2.24) is 4.31 Å². The maximum absolute atomic E-state index is 13.2. The molecule has 176 valence electrons. The Labute approximate surface area is 197 Å². The molecule has 0 bridgehead atoms. The first kappa shape index (κ1) is 26.3. The van der Waals surface area contributed by atoms with Crippen molar-refractivity contribution in [2.24, 2.45) is 0 Å². The van der Waals surface area contributed by atoms with E-state index in [1.54, 1.807) is 13.8 Å². The van der Waals surface area contributed by atoms with Crippen molar-refractivity contribution >= 4 is 39.2 Å². The van der Waals surface area contributed by atoms with Crippen molar-refractivity contribution in [3.05, 3.63) is 58.9 Å². The van der Waals surface area contributed by atoms with Gasteiger partial charge in [-0.2, -0.15) is 9.57 Å². The molecule has 8 nitrogen and oxygen atoms in total. The van der Waals surface area contributed by atoms with Crippen LogP contribution in [0.1, 0.15) is 30.6 Å². The third-order valence-electron chi connectivity index (χ3n) is 4.70. The van der Waals surface area contributed by atoms with E-state index in [2.05, 4.69) is 0 Å². The molecule has 0 aliphatic heterocycles. The number of amides is 1. The largest absolute Gasteiger partial charge is 0.452 e. The maximum Gasteiger partial charge on any atom is 0.338 e. The average Bonchev–Trinajstić information content (AvgIpc) is 2.79. The lowest BCUT2D eigenvalue weighted by Gasteiger charge is -2.22. The van der Waals surface area contributed by atoms with Crippen LogP contribution in [0.15, 0.2) is 47.4 Å². The summed E-state index contributed by atoms with van der Waals surface area (Å²) in [6, 6.07) is 10.7. The van der Waals surface area contributed by atoms with Crippen molar-refractivity contribution in [3.8, 4) is 6.07 Å². The molecule has 0 aliphatic rings. The number of carbonyl (C=O) groups is 2. The van der Waals surface area contributed by atoms with E-state index in [1.165, 1.54) is 45.6 Å². The number of esters is 1. The van der Waals surface area contributed by atoms with E-state index in [-0.39, 0.29) is 41.5 Å². The van der Waals surface area contributed by atoms with Crippen LogP contribution in [0.5, 0.6) is 0 Å². The molecule has 11 heteroatoms. The topological polar surface area (TPSA) is 108 Å². The van der Waals surface area contributed by atoms with Gasteiger partial charge in [0.25, 0.3) is 5.91 Å². The van der Waals surface area contributed by atoms with Gasteiger partial charge < -0.3 is 9.64 Å². The van der Waals surface area contributed by atoms with Crippen LogP contribution in [0.2, 0.25) is 5.02 Å². The van der Waals surface area contributed by atoms with Gasteiger partial charge in [0.1, 0.15) is 10.7 Å². The molecule has 0 unspecified atom stereocenters. The summed E-state index contributed by atoms with van der Waals surface area (Å²) in [6.07, 6.45) is 0.0147. The van der Waals surface area contributed by atoms with Gasteiger partial charge in [0.05, 0.1) is 23.1 Å². The molecular formula is C22H23ClFN3O5S. The highest BCUT2D eigenvalue weighted by molar-refractivity contribution is 7.89. The summed E-state index contributed by atoms with van der Waals surface area (Å²) >= 11 is 6.07. The van der Waals surface area contributed by atoms with Crippen molar-refractivity contribution in [2.75, 3.05) is 31.1 Å². The highest BCUT2D eigenvalue weighted by Gasteiger charge is 2.26. The minimum Gasteiger partial charge on any atom is -0.452 e. The van der Waals surface area contributed by atoms with E-state index < -0.39 is 34.3 Å². The molecular weight excluding hydrogens is 473 g/mol. The third-order valence-corrected chi connectivity index (χ3v) is 7.23. The first-order valence-corrected chi connectivity index (χ1v) is 11.9. The quantitative estimate of drug-likeness (QED) is 0.466. The normalized spacial score (nSPS) is 11.2. The van der Waals surface area contributed by atoms with Crippen LogP contribution in [-0.2, 0) is 19.6 Å². The van der Waals surface area contributed by atoms with Crippen molar-refractivity contribution < 1.29 is 27.1 Å². The lowest BCUT2D eigenvalue weighted by Crippen LogP contribution is -2.35. The highest BCUT2D eigenvalue weighted by atomic mass is 35.5. The fourth-order valence-electron chi connectivity index (χ4n) is 3.00. The number of anilines is 1. The zero-order valence-corrected chi connectivity index (χ0v) is 19.7. The SMILES string of the molecule is CCN(CC)S(=O)(=O)c1cc(C(=O)OCC(=O)N(CCC#N)c2ccc(F)cc2)ccc1Cl. The molecule has 0 aromatic heterocycles. The summed E-state index contributed by atoms with van der Waals surface area (Å²) in [5.74, 6) is -2.04. The first-order valence-electron chi connectivity index (χ1n) is 10.0. The number of carbonyl (C=O) groups excluding carboxylic acids is 2. The monoisotopic (exact) mass is 495 g/mol. The predicted octanol–water partition coefficient (Wildman–Crippen LogP) is 3.61. The first-order chi connectivity index (χ1) is 15.6. The maximum atomic E-state index is 13.2. The third kappa shape index (κ3) is 6.51. The van der Waals surface area contributed by atoms with E-state index >= 15 is 0 Å². The van der Waals surface area contributed by atoms with E-state index in [4.69, 9.17) is 21.6 Å². The van der Waals surface area contributed by atoms with Crippen LogP contribution >= 0.6 is 11.6 Å². The Bertz CT molecular complexity index is 1150. The van der Waals surface area contributed by atoms with Crippen molar-refractivity contribution in [1.29, 1.82) is 5.26 Å². The molecule has 0 saturated heterocycles. The zero-order valence-electron chi connectivity index (χ0n) is 18.1. The van der Waals surface area contributed by atoms with Gasteiger partial charge in [0.2, 0.25) is 10.0 Å². The number of nitrogens with zero attached hydrogens (tertiary/aromatic N) is 3. The Morgan fingerprint density at radius 2 is 1.76 bits per heavy atom. The number of halogens is 2. The Balaban J connectivity index is 2.20. The highest BCUT2D eigenvalue weighted by Crippen LogP contribution is 2.26. The second-order valence-electron chi connectivity index (χ2n) is 6.74. The van der Waals surface area contributed by atoms with E-state index in [0.717, 1.165) is 6.07 Å². The Morgan fingerprint density at radius 3 is 2.33 bits per heavy atom. The Hall–Kier alpha value is -3.00. The average molecular weight is 496 g/mol. The molecule has 2 aromatic rings. The lowest BCUT2D eigenvalue weighted by molar-refractivity contribution is -0.121. The molecule has 0 heterocycles. The number of nitriles is 1. The van der Waals surface area contributed by atoms with Crippen LogP contribution in [0.25, 0.3) is 0 Å². The van der Waals surface area contributed by atoms with E-state index in [0.29, 0.717) is 5.69 Å². The van der Waals surface area contributed by atoms with Crippen LogP contribution in [0.4, 0.5) is 10.1 Å². The molecule has 0 N–H and O–H groups in total. The molecule has 2 rings (SSSR count). The van der Waals surface area contributed by atoms with Gasteiger partial charge in [-0.1, -0.05) is 25.4 Å². The number of hydrogen-bond donors (Lipinski definition) is 0. The van der Waals surface area contributed by atoms with Gasteiger partial charge in [0, 0.05) is 25.3 Å². The van der Waals surface area contributed by atoms with E-state index in [9.17, 15) is 22.4 Å². The number of hydrogen-bond acceptors (Lipinski definition) is 6. The fourth-order valence-corrected chi connectivity index (χ4v) is 4.96. The second-order valence-corrected chi connectivity index (χ2v) is 9.05. The minimum atomic E-state index is -3.93. The second kappa shape index (κ2) is 11.7. The summed E-state index contributed by atoms with van der Waals surface area (Å²) in [6.45, 7) is 3.16. The van der Waals surface area contributed by atoms with E-state index in [1.807, 2.05) is 6.07 Å². The summed E-state index contributed by atoms with van der Waals surface area (Å²) < 4.78 is 45.1. The molecule has 0 radical (unpaired) electrons. The Kier molecular flexibility index (Phi) is 9.34. The number of ether oxygens (including phenoxy) is 1. The van der Waals surface area contributed by atoms with Crippen molar-refractivity contribution in [2.45, 2.75) is 25.2 Å². The summed E-state index contributed by atoms with van der Waals surface area (Å²) in [4.78, 5) is 26.1. The van der Waals surface area contributed by atoms with Gasteiger partial charge >= 0.3 is 5.97 Å². The smallest absolute Gasteiger partial charge is 0.338 e. The van der Waals surface area contributed by atoms with Gasteiger partial charge in [0.15, 0.2) is 6.61 Å². The number of benzene rings is 2. The van der Waals surface area contributed by atoms with Crippen LogP contribution in [-0.4, -0.2) is 50.8 Å². The lowest BCUT2D eigenvalue weighted by atomic mass is 10.2. The van der Waals surface area contributed by atoms with Crippen LogP contribution in [0, 0.1) is 17.1 Å². The van der Waals surface area contributed by atoms with Gasteiger partial charge in [-0.15, -0.1) is 0 Å². The predicted molar refractivity (Wildman–Crippen MR) is 121 cm³/mol. The van der Waals surface area contributed by atoms with Crippen molar-refractivity contribution in [3.63, 3.8) is 0 Å². The molecule has 0 spiro atoms. The molecule has 0 saturated carbocycles. The van der Waals surface area contributed by atoms with Crippen LogP contribution < -0.4 is 4.90 Å². The fraction of sp³-hybridized carbons (Fsp3) is 0.318. The summed E-state index contributed by atoms with van der Waals surface area (Å²) in [5, 5.41) is 8.80. The van der Waals surface area contributed by atoms with Gasteiger partial charge in [-0.25, -0.2) is 17.6 Å². The van der Waals surface area contributed by atoms with Crippen LogP contribution in [0.3, 0.4) is 0 Å². The summed E-state index contributed by atoms with van der Waals surface area (Å²) in [7, 11) is -3.93. The molecule has 0 atom stereocenters.